The Morgan fingerprint density at radius 3 is 2.26 bits per heavy atom. The summed E-state index contributed by atoms with van der Waals surface area (Å²) >= 11 is 12.0. The molecule has 0 radical (unpaired) electrons. The summed E-state index contributed by atoms with van der Waals surface area (Å²) in [5.74, 6) is -0.0245. The fourth-order valence-corrected chi connectivity index (χ4v) is 2.07. The van der Waals surface area contributed by atoms with Crippen LogP contribution in [0.2, 0.25) is 10.0 Å². The molecule has 0 N–H and O–H groups in total. The Bertz CT molecular complexity index is 551. The van der Waals surface area contributed by atoms with Crippen molar-refractivity contribution in [1.82, 2.24) is 4.90 Å². The summed E-state index contributed by atoms with van der Waals surface area (Å²) < 4.78 is 5.02. The number of halogens is 2. The number of amides is 1. The fraction of sp³-hybridized carbons (Fsp3) is 0.231. The average molecular weight is 299 g/mol. The lowest BCUT2D eigenvalue weighted by Gasteiger charge is -2.09. The van der Waals surface area contributed by atoms with Crippen LogP contribution in [0.4, 0.5) is 0 Å². The number of carbonyl (C=O) groups excluding carboxylic acids is 1. The van der Waals surface area contributed by atoms with Gasteiger partial charge in [0.15, 0.2) is 5.75 Å². The van der Waals surface area contributed by atoms with Crippen LogP contribution < -0.4 is 4.74 Å². The summed E-state index contributed by atoms with van der Waals surface area (Å²) in [5.41, 5.74) is 0.560. The minimum atomic E-state index is -0.384. The highest BCUT2D eigenvalue weighted by atomic mass is 35.5. The molecule has 0 aliphatic carbocycles. The number of methoxy groups -OCH3 is 1. The predicted molar refractivity (Wildman–Crippen MR) is 75.3 cm³/mol. The maximum Gasteiger partial charge on any atom is 0.264 e. The van der Waals surface area contributed by atoms with Crippen molar-refractivity contribution in [3.63, 3.8) is 0 Å². The molecule has 1 rings (SSSR count). The van der Waals surface area contributed by atoms with Crippen LogP contribution in [0, 0.1) is 11.3 Å². The summed E-state index contributed by atoms with van der Waals surface area (Å²) in [5, 5.41) is 9.62. The Balaban J connectivity index is 3.25. The van der Waals surface area contributed by atoms with Gasteiger partial charge in [0.25, 0.3) is 5.91 Å². The van der Waals surface area contributed by atoms with Gasteiger partial charge in [-0.3, -0.25) is 4.79 Å². The molecule has 100 valence electrons. The van der Waals surface area contributed by atoms with E-state index in [2.05, 4.69) is 0 Å². The number of likely N-dealkylation sites (N-methyl/N-ethyl adjacent to an activating group) is 1. The lowest BCUT2D eigenvalue weighted by atomic mass is 10.1. The Labute approximate surface area is 121 Å². The number of nitrogens with zero attached hydrogens (tertiary/aromatic N) is 2. The van der Waals surface area contributed by atoms with Crippen molar-refractivity contribution in [2.24, 2.45) is 0 Å². The van der Waals surface area contributed by atoms with Crippen LogP contribution in [0.15, 0.2) is 17.7 Å². The third-order valence-corrected chi connectivity index (χ3v) is 2.85. The topological polar surface area (TPSA) is 53.3 Å². The molecule has 0 saturated heterocycles. The maximum absolute atomic E-state index is 11.7. The zero-order valence-electron chi connectivity index (χ0n) is 10.7. The SMILES string of the molecule is COc1c(Cl)cc(/C=C(/C#N)C(=O)N(C)C)cc1Cl. The molecule has 0 aliphatic heterocycles. The van der Waals surface area contributed by atoms with Gasteiger partial charge in [0.1, 0.15) is 11.6 Å². The monoisotopic (exact) mass is 298 g/mol. The number of benzene rings is 1. The van der Waals surface area contributed by atoms with Gasteiger partial charge in [0, 0.05) is 14.1 Å². The van der Waals surface area contributed by atoms with E-state index in [1.807, 2.05) is 6.07 Å². The van der Waals surface area contributed by atoms with Crippen LogP contribution in [0.25, 0.3) is 6.08 Å². The zero-order valence-corrected chi connectivity index (χ0v) is 12.2. The van der Waals surface area contributed by atoms with Crippen molar-refractivity contribution < 1.29 is 9.53 Å². The van der Waals surface area contributed by atoms with E-state index >= 15 is 0 Å². The molecular formula is C13H12Cl2N2O2. The molecule has 4 nitrogen and oxygen atoms in total. The standard InChI is InChI=1S/C13H12Cl2N2O2/c1-17(2)13(18)9(7-16)4-8-5-10(14)12(19-3)11(15)6-8/h4-6H,1-3H3/b9-4-. The van der Waals surface area contributed by atoms with Crippen LogP contribution in [0.1, 0.15) is 5.56 Å². The van der Waals surface area contributed by atoms with Crippen molar-refractivity contribution in [2.75, 3.05) is 21.2 Å². The molecule has 0 atom stereocenters. The zero-order chi connectivity index (χ0) is 14.6. The predicted octanol–water partition coefficient (Wildman–Crippen LogP) is 3.00. The second kappa shape index (κ2) is 6.46. The largest absolute Gasteiger partial charge is 0.494 e. The van der Waals surface area contributed by atoms with Crippen LogP contribution in [-0.2, 0) is 4.79 Å². The number of ether oxygens (including phenoxy) is 1. The van der Waals surface area contributed by atoms with E-state index in [1.165, 1.54) is 18.1 Å². The highest BCUT2D eigenvalue weighted by molar-refractivity contribution is 6.37. The molecule has 0 bridgehead atoms. The number of carbonyl (C=O) groups is 1. The lowest BCUT2D eigenvalue weighted by Crippen LogP contribution is -2.22. The molecule has 0 spiro atoms. The van der Waals surface area contributed by atoms with Gasteiger partial charge in [-0.2, -0.15) is 5.26 Å². The molecular weight excluding hydrogens is 287 g/mol. The van der Waals surface area contributed by atoms with Gasteiger partial charge < -0.3 is 9.64 Å². The first-order valence-electron chi connectivity index (χ1n) is 5.27. The first-order valence-corrected chi connectivity index (χ1v) is 6.02. The quantitative estimate of drug-likeness (QED) is 0.637. The summed E-state index contributed by atoms with van der Waals surface area (Å²) in [4.78, 5) is 13.0. The van der Waals surface area contributed by atoms with Gasteiger partial charge in [0.2, 0.25) is 0 Å². The van der Waals surface area contributed by atoms with E-state index in [4.69, 9.17) is 33.2 Å². The average Bonchev–Trinajstić information content (AvgIpc) is 2.34. The highest BCUT2D eigenvalue weighted by Gasteiger charge is 2.13. The minimum absolute atomic E-state index is 0.00213. The molecule has 0 aromatic heterocycles. The van der Waals surface area contributed by atoms with Gasteiger partial charge in [0.05, 0.1) is 17.2 Å². The Kier molecular flexibility index (Phi) is 5.22. The smallest absolute Gasteiger partial charge is 0.264 e. The molecule has 6 heteroatoms. The highest BCUT2D eigenvalue weighted by Crippen LogP contribution is 2.34. The van der Waals surface area contributed by atoms with E-state index in [0.717, 1.165) is 0 Å². The molecule has 0 saturated carbocycles. The van der Waals surface area contributed by atoms with Crippen molar-refractivity contribution in [1.29, 1.82) is 5.26 Å². The van der Waals surface area contributed by atoms with Crippen LogP contribution in [-0.4, -0.2) is 32.0 Å². The number of hydrogen-bond acceptors (Lipinski definition) is 3. The lowest BCUT2D eigenvalue weighted by molar-refractivity contribution is -0.124. The molecule has 1 amide bonds. The van der Waals surface area contributed by atoms with Gasteiger partial charge in [-0.25, -0.2) is 0 Å². The third kappa shape index (κ3) is 3.63. The molecule has 19 heavy (non-hydrogen) atoms. The molecule has 1 aromatic rings. The fourth-order valence-electron chi connectivity index (χ4n) is 1.41. The van der Waals surface area contributed by atoms with Gasteiger partial charge >= 0.3 is 0 Å². The van der Waals surface area contributed by atoms with Gasteiger partial charge in [-0.1, -0.05) is 23.2 Å². The summed E-state index contributed by atoms with van der Waals surface area (Å²) in [7, 11) is 4.60. The summed E-state index contributed by atoms with van der Waals surface area (Å²) in [6, 6.07) is 5.00. The molecule has 0 unspecified atom stereocenters. The molecule has 1 aromatic carbocycles. The normalized spacial score (nSPS) is 10.8. The van der Waals surface area contributed by atoms with Crippen LogP contribution in [0.3, 0.4) is 0 Å². The third-order valence-electron chi connectivity index (χ3n) is 2.29. The van der Waals surface area contributed by atoms with E-state index in [-0.39, 0.29) is 11.5 Å². The first-order chi connectivity index (χ1) is 8.90. The van der Waals surface area contributed by atoms with Crippen molar-refractivity contribution >= 4 is 35.2 Å². The summed E-state index contributed by atoms with van der Waals surface area (Å²) in [6.45, 7) is 0. The van der Waals surface area contributed by atoms with E-state index in [0.29, 0.717) is 21.4 Å². The van der Waals surface area contributed by atoms with Gasteiger partial charge in [-0.05, 0) is 23.8 Å². The first kappa shape index (κ1) is 15.4. The summed E-state index contributed by atoms with van der Waals surface area (Å²) in [6.07, 6.45) is 1.43. The Morgan fingerprint density at radius 2 is 1.89 bits per heavy atom. The van der Waals surface area contributed by atoms with Crippen LogP contribution in [0.5, 0.6) is 5.75 Å². The second-order valence-corrected chi connectivity index (χ2v) is 4.70. The van der Waals surface area contributed by atoms with Crippen molar-refractivity contribution in [3.05, 3.63) is 33.3 Å². The molecule has 0 heterocycles. The Hall–Kier alpha value is -1.70. The minimum Gasteiger partial charge on any atom is -0.494 e. The van der Waals surface area contributed by atoms with Crippen molar-refractivity contribution in [2.45, 2.75) is 0 Å². The maximum atomic E-state index is 11.7. The molecule has 0 fully saturated rings. The number of hydrogen-bond donors (Lipinski definition) is 0. The number of rotatable bonds is 3. The van der Waals surface area contributed by atoms with E-state index in [9.17, 15) is 4.79 Å². The van der Waals surface area contributed by atoms with E-state index in [1.54, 1.807) is 26.2 Å². The Morgan fingerprint density at radius 1 is 1.37 bits per heavy atom. The van der Waals surface area contributed by atoms with Gasteiger partial charge in [-0.15, -0.1) is 0 Å². The number of nitriles is 1. The van der Waals surface area contributed by atoms with Crippen molar-refractivity contribution in [3.8, 4) is 11.8 Å². The van der Waals surface area contributed by atoms with Crippen LogP contribution >= 0.6 is 23.2 Å². The second-order valence-electron chi connectivity index (χ2n) is 3.89. The molecule has 0 aliphatic rings. The van der Waals surface area contributed by atoms with E-state index < -0.39 is 0 Å².